The summed E-state index contributed by atoms with van der Waals surface area (Å²) in [7, 11) is 0. The summed E-state index contributed by atoms with van der Waals surface area (Å²) in [5.74, 6) is 0.824. The first-order valence-electron chi connectivity index (χ1n) is 7.67. The molecule has 20 heavy (non-hydrogen) atoms. The van der Waals surface area contributed by atoms with Gasteiger partial charge in [-0.15, -0.1) is 11.3 Å². The molecule has 0 bridgehead atoms. The van der Waals surface area contributed by atoms with E-state index in [-0.39, 0.29) is 0 Å². The van der Waals surface area contributed by atoms with E-state index in [2.05, 4.69) is 54.9 Å². The third-order valence-electron chi connectivity index (χ3n) is 4.42. The molecular formula is C18H23NS. The molecule has 0 saturated heterocycles. The van der Waals surface area contributed by atoms with E-state index < -0.39 is 0 Å². The van der Waals surface area contributed by atoms with Crippen LogP contribution in [0.5, 0.6) is 0 Å². The second-order valence-corrected chi connectivity index (χ2v) is 6.70. The molecule has 1 aromatic carbocycles. The number of rotatable bonds is 5. The van der Waals surface area contributed by atoms with Crippen molar-refractivity contribution in [1.29, 1.82) is 0 Å². The first-order chi connectivity index (χ1) is 9.79. The second kappa shape index (κ2) is 6.11. The van der Waals surface area contributed by atoms with Crippen molar-refractivity contribution in [2.45, 2.75) is 45.1 Å². The molecule has 0 spiro atoms. The van der Waals surface area contributed by atoms with Gasteiger partial charge in [0.05, 0.1) is 6.04 Å². The first-order valence-corrected chi connectivity index (χ1v) is 8.54. The van der Waals surface area contributed by atoms with E-state index in [4.69, 9.17) is 0 Å². The third-order valence-corrected chi connectivity index (χ3v) is 5.50. The average Bonchev–Trinajstić information content (AvgIpc) is 2.81. The Hall–Kier alpha value is -1.12. The highest BCUT2D eigenvalue weighted by Gasteiger charge is 2.20. The standard InChI is InChI=1S/C18H23NS/c1-3-19-17(18-13(2)11-12-20-18)16-9-7-15(8-10-16)14-5-4-6-14/h7-12,14,17,19H,3-6H2,1-2H3. The van der Waals surface area contributed by atoms with Crippen molar-refractivity contribution in [3.63, 3.8) is 0 Å². The van der Waals surface area contributed by atoms with E-state index in [1.165, 1.54) is 40.8 Å². The van der Waals surface area contributed by atoms with Crippen molar-refractivity contribution in [1.82, 2.24) is 5.32 Å². The van der Waals surface area contributed by atoms with Gasteiger partial charge in [-0.3, -0.25) is 0 Å². The molecule has 106 valence electrons. The van der Waals surface area contributed by atoms with Gasteiger partial charge in [0, 0.05) is 4.88 Å². The zero-order valence-electron chi connectivity index (χ0n) is 12.4. The maximum Gasteiger partial charge on any atom is 0.0673 e. The minimum atomic E-state index is 0.343. The Labute approximate surface area is 126 Å². The van der Waals surface area contributed by atoms with Crippen LogP contribution in [0.4, 0.5) is 0 Å². The summed E-state index contributed by atoms with van der Waals surface area (Å²) in [6.07, 6.45) is 4.15. The molecule has 1 heterocycles. The van der Waals surface area contributed by atoms with Crippen LogP contribution in [0, 0.1) is 6.92 Å². The minimum absolute atomic E-state index is 0.343. The third kappa shape index (κ3) is 2.68. The van der Waals surface area contributed by atoms with Crippen LogP contribution in [0.15, 0.2) is 35.7 Å². The lowest BCUT2D eigenvalue weighted by molar-refractivity contribution is 0.419. The molecule has 1 fully saturated rings. The summed E-state index contributed by atoms with van der Waals surface area (Å²) < 4.78 is 0. The van der Waals surface area contributed by atoms with E-state index in [0.717, 1.165) is 12.5 Å². The molecule has 1 aromatic heterocycles. The fraction of sp³-hybridized carbons (Fsp3) is 0.444. The van der Waals surface area contributed by atoms with Crippen LogP contribution >= 0.6 is 11.3 Å². The lowest BCUT2D eigenvalue weighted by Gasteiger charge is -2.26. The monoisotopic (exact) mass is 285 g/mol. The maximum absolute atomic E-state index is 3.63. The van der Waals surface area contributed by atoms with Crippen molar-refractivity contribution in [3.8, 4) is 0 Å². The molecule has 1 aliphatic carbocycles. The highest BCUT2D eigenvalue weighted by molar-refractivity contribution is 7.10. The molecule has 1 aliphatic rings. The van der Waals surface area contributed by atoms with Crippen molar-refractivity contribution in [2.24, 2.45) is 0 Å². The fourth-order valence-electron chi connectivity index (χ4n) is 2.95. The normalized spacial score (nSPS) is 16.9. The molecule has 0 amide bonds. The molecule has 2 heteroatoms. The van der Waals surface area contributed by atoms with Crippen LogP contribution in [-0.2, 0) is 0 Å². The van der Waals surface area contributed by atoms with E-state index in [9.17, 15) is 0 Å². The van der Waals surface area contributed by atoms with Crippen LogP contribution in [0.1, 0.15) is 59.7 Å². The van der Waals surface area contributed by atoms with Crippen molar-refractivity contribution in [2.75, 3.05) is 6.54 Å². The lowest BCUT2D eigenvalue weighted by atomic mass is 9.80. The maximum atomic E-state index is 3.63. The average molecular weight is 285 g/mol. The lowest BCUT2D eigenvalue weighted by Crippen LogP contribution is -2.21. The van der Waals surface area contributed by atoms with Gasteiger partial charge >= 0.3 is 0 Å². The molecule has 3 rings (SSSR count). The zero-order chi connectivity index (χ0) is 13.9. The van der Waals surface area contributed by atoms with Crippen LogP contribution in [0.2, 0.25) is 0 Å². The molecular weight excluding hydrogens is 262 g/mol. The SMILES string of the molecule is CCNC(c1ccc(C2CCC2)cc1)c1sccc1C. The summed E-state index contributed by atoms with van der Waals surface area (Å²) in [6, 6.07) is 11.9. The van der Waals surface area contributed by atoms with Crippen LogP contribution < -0.4 is 5.32 Å². The minimum Gasteiger partial charge on any atom is -0.306 e. The predicted molar refractivity (Wildman–Crippen MR) is 87.6 cm³/mol. The van der Waals surface area contributed by atoms with Crippen LogP contribution in [0.3, 0.4) is 0 Å². The molecule has 1 atom stereocenters. The van der Waals surface area contributed by atoms with Gasteiger partial charge in [0.2, 0.25) is 0 Å². The van der Waals surface area contributed by atoms with E-state index in [0.29, 0.717) is 6.04 Å². The highest BCUT2D eigenvalue weighted by Crippen LogP contribution is 2.37. The Morgan fingerprint density at radius 1 is 1.20 bits per heavy atom. The van der Waals surface area contributed by atoms with Crippen molar-refractivity contribution >= 4 is 11.3 Å². The van der Waals surface area contributed by atoms with Gasteiger partial charge in [-0.1, -0.05) is 37.6 Å². The van der Waals surface area contributed by atoms with E-state index in [1.54, 1.807) is 0 Å². The van der Waals surface area contributed by atoms with Crippen LogP contribution in [-0.4, -0.2) is 6.54 Å². The fourth-order valence-corrected chi connectivity index (χ4v) is 3.98. The predicted octanol–water partition coefficient (Wildman–Crippen LogP) is 5.02. The quantitative estimate of drug-likeness (QED) is 0.813. The van der Waals surface area contributed by atoms with Crippen molar-refractivity contribution in [3.05, 3.63) is 57.3 Å². The molecule has 1 unspecified atom stereocenters. The summed E-state index contributed by atoms with van der Waals surface area (Å²) in [6.45, 7) is 5.38. The second-order valence-electron chi connectivity index (χ2n) is 5.75. The van der Waals surface area contributed by atoms with Gasteiger partial charge in [0.1, 0.15) is 0 Å². The molecule has 2 aromatic rings. The Balaban J connectivity index is 1.85. The van der Waals surface area contributed by atoms with E-state index >= 15 is 0 Å². The number of benzene rings is 1. The van der Waals surface area contributed by atoms with Gasteiger partial charge in [-0.25, -0.2) is 0 Å². The number of hydrogen-bond donors (Lipinski definition) is 1. The smallest absolute Gasteiger partial charge is 0.0673 e. The van der Waals surface area contributed by atoms with Gasteiger partial charge in [0.15, 0.2) is 0 Å². The Kier molecular flexibility index (Phi) is 4.23. The van der Waals surface area contributed by atoms with Gasteiger partial charge in [-0.05, 0) is 60.4 Å². The molecule has 1 nitrogen and oxygen atoms in total. The molecule has 1 saturated carbocycles. The number of hydrogen-bond acceptors (Lipinski definition) is 2. The van der Waals surface area contributed by atoms with E-state index in [1.807, 2.05) is 11.3 Å². The topological polar surface area (TPSA) is 12.0 Å². The number of aryl methyl sites for hydroxylation is 1. The Bertz CT molecular complexity index is 551. The summed E-state index contributed by atoms with van der Waals surface area (Å²) in [4.78, 5) is 1.45. The first kappa shape index (κ1) is 13.8. The Morgan fingerprint density at radius 3 is 2.45 bits per heavy atom. The van der Waals surface area contributed by atoms with Crippen LogP contribution in [0.25, 0.3) is 0 Å². The van der Waals surface area contributed by atoms with Gasteiger partial charge in [0.25, 0.3) is 0 Å². The summed E-state index contributed by atoms with van der Waals surface area (Å²) in [5.41, 5.74) is 4.31. The number of nitrogens with one attached hydrogen (secondary N) is 1. The largest absolute Gasteiger partial charge is 0.306 e. The highest BCUT2D eigenvalue weighted by atomic mass is 32.1. The van der Waals surface area contributed by atoms with Crippen molar-refractivity contribution < 1.29 is 0 Å². The molecule has 0 aliphatic heterocycles. The summed E-state index contributed by atoms with van der Waals surface area (Å²) in [5, 5.41) is 5.82. The van der Waals surface area contributed by atoms with Gasteiger partial charge < -0.3 is 5.32 Å². The number of thiophene rings is 1. The molecule has 1 N–H and O–H groups in total. The van der Waals surface area contributed by atoms with Gasteiger partial charge in [-0.2, -0.15) is 0 Å². The zero-order valence-corrected chi connectivity index (χ0v) is 13.2. The Morgan fingerprint density at radius 2 is 1.95 bits per heavy atom. The molecule has 0 radical (unpaired) electrons. The summed E-state index contributed by atoms with van der Waals surface area (Å²) >= 11 is 1.86.